The Hall–Kier alpha value is -0.232. The second-order valence-electron chi connectivity index (χ2n) is 0.920. The Balaban J connectivity index is 3.46. The average molecular weight is 265 g/mol. The van der Waals surface area contributed by atoms with Crippen molar-refractivity contribution in [1.29, 1.82) is 0 Å². The summed E-state index contributed by atoms with van der Waals surface area (Å²) in [4.78, 5) is 0. The van der Waals surface area contributed by atoms with Crippen LogP contribution in [0.4, 0.5) is 0 Å². The summed E-state index contributed by atoms with van der Waals surface area (Å²) < 4.78 is 1.86. The molecule has 0 rings (SSSR count). The first-order valence-corrected chi connectivity index (χ1v) is 3.40. The number of amidine groups is 1. The molecule has 38 valence electrons. The van der Waals surface area contributed by atoms with E-state index in [1.54, 1.807) is 6.08 Å². The zero-order valence-corrected chi connectivity index (χ0v) is 6.60. The molecule has 0 saturated carbocycles. The molecule has 3 heteroatoms. The van der Waals surface area contributed by atoms with Gasteiger partial charge in [0.05, 0.1) is 0 Å². The molecule has 0 bridgehead atoms. The fourth-order valence-corrected chi connectivity index (χ4v) is 0.420. The Labute approximate surface area is 53.3 Å². The molecule has 0 aromatic heterocycles. The number of rotatable bonds is 2. The van der Waals surface area contributed by atoms with Crippen LogP contribution in [0.1, 0.15) is 0 Å². The molecule has 0 fully saturated rings. The van der Waals surface area contributed by atoms with Gasteiger partial charge in [-0.05, 0) is 0 Å². The summed E-state index contributed by atoms with van der Waals surface area (Å²) in [6.45, 7) is 0. The van der Waals surface area contributed by atoms with Gasteiger partial charge < -0.3 is 0 Å². The summed E-state index contributed by atoms with van der Waals surface area (Å²) in [6, 6.07) is 0. The van der Waals surface area contributed by atoms with Gasteiger partial charge in [0.1, 0.15) is 0 Å². The van der Waals surface area contributed by atoms with Gasteiger partial charge in [-0.3, -0.25) is 0 Å². The third-order valence-corrected chi connectivity index (χ3v) is 0.910. The predicted octanol–water partition coefficient (Wildman–Crippen LogP) is -0.182. The molecule has 0 atom stereocenters. The van der Waals surface area contributed by atoms with E-state index in [-0.39, 0.29) is 5.84 Å². The molecule has 0 aliphatic rings. The molecule has 0 aliphatic carbocycles. The summed E-state index contributed by atoms with van der Waals surface area (Å²) in [5.41, 5.74) is 4.85. The van der Waals surface area contributed by atoms with Crippen LogP contribution in [0.3, 0.4) is 0 Å². The second kappa shape index (κ2) is 3.94. The monoisotopic (exact) mass is 265 g/mol. The molecule has 0 unspecified atom stereocenters. The molecule has 2 N–H and O–H groups in total. The summed E-state index contributed by atoms with van der Waals surface area (Å²) >= 11 is 1.34. The first-order valence-electron chi connectivity index (χ1n) is 1.70. The van der Waals surface area contributed by atoms with E-state index >= 15 is 0 Å². The fraction of sp³-hybridized carbons (Fsp3) is 0. The number of allylic oxidation sites excluding steroid dienone is 1. The molecule has 2 nitrogen and oxygen atoms in total. The Morgan fingerprint density at radius 1 is 1.71 bits per heavy atom. The maximum atomic E-state index is 8.28. The second-order valence-corrected chi connectivity index (χ2v) is 1.90. The van der Waals surface area contributed by atoms with E-state index in [0.29, 0.717) is 0 Å². The van der Waals surface area contributed by atoms with E-state index < -0.39 is 0 Å². The van der Waals surface area contributed by atoms with Crippen molar-refractivity contribution in [3.8, 4) is 0 Å². The van der Waals surface area contributed by atoms with Crippen molar-refractivity contribution < 1.29 is 19.4 Å². The molecule has 0 radical (unpaired) electrons. The zero-order valence-electron chi connectivity index (χ0n) is 3.66. The van der Waals surface area contributed by atoms with Crippen LogP contribution in [-0.2, 0) is 19.4 Å². The first-order chi connectivity index (χ1) is 3.27. The molecule has 0 saturated heterocycles. The van der Waals surface area contributed by atoms with Crippen molar-refractivity contribution in [2.45, 2.75) is 0 Å². The van der Waals surface area contributed by atoms with Crippen LogP contribution in [0.2, 0.25) is 0 Å². The number of hydrogen-bond donors (Lipinski definition) is 1. The van der Waals surface area contributed by atoms with Gasteiger partial charge in [0.15, 0.2) is 0 Å². The van der Waals surface area contributed by atoms with E-state index in [0.717, 1.165) is 0 Å². The molecule has 7 heavy (non-hydrogen) atoms. The Morgan fingerprint density at radius 2 is 2.29 bits per heavy atom. The maximum absolute atomic E-state index is 8.28. The summed E-state index contributed by atoms with van der Waals surface area (Å²) in [5, 5.41) is 8.28. The van der Waals surface area contributed by atoms with E-state index in [9.17, 15) is 0 Å². The molecule has 0 aliphatic heterocycles. The topological polar surface area (TPSA) is 48.3 Å². The van der Waals surface area contributed by atoms with Crippen LogP contribution in [0.5, 0.6) is 0 Å². The van der Waals surface area contributed by atoms with Crippen LogP contribution in [0, 0.1) is 0 Å². The van der Waals surface area contributed by atoms with Crippen LogP contribution < -0.4 is 5.73 Å². The normalized spacial score (nSPS) is 9.14. The van der Waals surface area contributed by atoms with Gasteiger partial charge in [-0.15, -0.1) is 0 Å². The van der Waals surface area contributed by atoms with Crippen LogP contribution in [0.25, 0.3) is 5.41 Å². The van der Waals surface area contributed by atoms with Crippen molar-refractivity contribution in [3.63, 3.8) is 0 Å². The average Bonchev–Trinajstić information content (AvgIpc) is 1.61. The third kappa shape index (κ3) is 5.77. The Morgan fingerprint density at radius 3 is 2.43 bits per heavy atom. The Bertz CT molecular complexity index is 106. The molecular weight excluding hydrogens is 260 g/mol. The van der Waals surface area contributed by atoms with Crippen molar-refractivity contribution in [2.75, 3.05) is 0 Å². The van der Waals surface area contributed by atoms with Crippen molar-refractivity contribution >= 4 is 10.2 Å². The van der Waals surface area contributed by atoms with Gasteiger partial charge >= 0.3 is 52.9 Å². The van der Waals surface area contributed by atoms with Crippen LogP contribution >= 0.6 is 0 Å². The molecule has 0 heterocycles. The van der Waals surface area contributed by atoms with Crippen molar-refractivity contribution in [2.24, 2.45) is 5.73 Å². The van der Waals surface area contributed by atoms with Gasteiger partial charge in [-0.1, -0.05) is 0 Å². The predicted molar refractivity (Wildman–Crippen MR) is 27.8 cm³/mol. The SMILES string of the molecule is [N-]=C(N)/C=C\[CH]=[W]. The van der Waals surface area contributed by atoms with E-state index in [2.05, 4.69) is 0 Å². The van der Waals surface area contributed by atoms with Crippen LogP contribution in [0.15, 0.2) is 12.2 Å². The minimum absolute atomic E-state index is 0.141. The van der Waals surface area contributed by atoms with Gasteiger partial charge in [-0.2, -0.15) is 0 Å². The van der Waals surface area contributed by atoms with Gasteiger partial charge in [0.25, 0.3) is 0 Å². The molecule has 0 amide bonds. The number of hydrogen-bond acceptors (Lipinski definition) is 0. The number of nitrogens with zero attached hydrogens (tertiary/aromatic N) is 1. The van der Waals surface area contributed by atoms with Crippen LogP contribution in [-0.4, -0.2) is 10.2 Å². The van der Waals surface area contributed by atoms with Crippen molar-refractivity contribution in [3.05, 3.63) is 17.6 Å². The summed E-state index contributed by atoms with van der Waals surface area (Å²) in [6.07, 6.45) is 3.14. The van der Waals surface area contributed by atoms with Crippen molar-refractivity contribution in [1.82, 2.24) is 0 Å². The minimum atomic E-state index is -0.141. The molecular formula is C4H5N2W-. The molecule has 0 aromatic carbocycles. The molecule has 0 aromatic rings. The Kier molecular flexibility index (Phi) is 3.81. The van der Waals surface area contributed by atoms with E-state index in [4.69, 9.17) is 11.1 Å². The van der Waals surface area contributed by atoms with E-state index in [1.165, 1.54) is 25.4 Å². The summed E-state index contributed by atoms with van der Waals surface area (Å²) in [7, 11) is 0. The van der Waals surface area contributed by atoms with E-state index in [1.807, 2.05) is 4.40 Å². The standard InChI is InChI=1S/C4H5N2.W/c1-2-3-4(5)6;/h1-3H,(H2-,5,6);/q-1;/b3-2-;. The summed E-state index contributed by atoms with van der Waals surface area (Å²) in [5.74, 6) is -0.141. The zero-order chi connectivity index (χ0) is 5.70. The fourth-order valence-electron chi connectivity index (χ4n) is 0.138. The van der Waals surface area contributed by atoms with Gasteiger partial charge in [0.2, 0.25) is 0 Å². The quantitative estimate of drug-likeness (QED) is 0.546. The number of nitrogens with two attached hydrogens (primary N) is 1. The first kappa shape index (κ1) is 6.77. The third-order valence-electron chi connectivity index (χ3n) is 0.346. The van der Waals surface area contributed by atoms with Gasteiger partial charge in [0, 0.05) is 0 Å². The van der Waals surface area contributed by atoms with Gasteiger partial charge in [-0.25, -0.2) is 0 Å². The molecule has 0 spiro atoms.